The molecule has 2 N–H and O–H groups in total. The summed E-state index contributed by atoms with van der Waals surface area (Å²) in [6.07, 6.45) is 4.97. The summed E-state index contributed by atoms with van der Waals surface area (Å²) in [5.74, 6) is 1.72. The maximum atomic E-state index is 11.8. The van der Waals surface area contributed by atoms with Crippen molar-refractivity contribution >= 4 is 11.7 Å². The number of benzene rings is 2. The van der Waals surface area contributed by atoms with Crippen molar-refractivity contribution in [2.75, 3.05) is 5.32 Å². The maximum Gasteiger partial charge on any atom is 0.337 e. The summed E-state index contributed by atoms with van der Waals surface area (Å²) in [4.78, 5) is 11.8. The van der Waals surface area contributed by atoms with Crippen LogP contribution in [0.4, 0.5) is 5.69 Å². The number of carbonyl (C=O) groups is 1. The molecule has 3 aliphatic rings. The zero-order chi connectivity index (χ0) is 17.8. The van der Waals surface area contributed by atoms with E-state index < -0.39 is 5.97 Å². The predicted molar refractivity (Wildman–Crippen MR) is 103 cm³/mol. The van der Waals surface area contributed by atoms with E-state index in [1.807, 2.05) is 6.07 Å². The van der Waals surface area contributed by atoms with Crippen molar-refractivity contribution < 1.29 is 9.90 Å². The van der Waals surface area contributed by atoms with E-state index in [2.05, 4.69) is 42.6 Å². The smallest absolute Gasteiger partial charge is 0.337 e. The number of carboxylic acid groups (broad SMARTS) is 1. The molecule has 2 saturated carbocycles. The summed E-state index contributed by atoms with van der Waals surface area (Å²) in [5.41, 5.74) is 5.16. The van der Waals surface area contributed by atoms with E-state index in [1.165, 1.54) is 36.0 Å². The quantitative estimate of drug-likeness (QED) is 0.798. The van der Waals surface area contributed by atoms with Crippen LogP contribution >= 0.6 is 0 Å². The largest absolute Gasteiger partial charge is 0.478 e. The zero-order valence-corrected chi connectivity index (χ0v) is 15.1. The molecule has 2 aromatic rings. The fourth-order valence-corrected chi connectivity index (χ4v) is 5.98. The molecule has 2 aromatic carbocycles. The molecular weight excluding hydrogens is 322 g/mol. The fraction of sp³-hybridized carbons (Fsp3) is 0.435. The average molecular weight is 347 g/mol. The van der Waals surface area contributed by atoms with Gasteiger partial charge in [-0.25, -0.2) is 4.79 Å². The highest BCUT2D eigenvalue weighted by Gasteiger charge is 2.54. The third-order valence-corrected chi connectivity index (χ3v) is 7.10. The molecule has 0 aromatic heterocycles. The number of aromatic carboxylic acids is 1. The second-order valence-corrected chi connectivity index (χ2v) is 8.23. The van der Waals surface area contributed by atoms with Crippen molar-refractivity contribution in [3.05, 3.63) is 64.7 Å². The highest BCUT2D eigenvalue weighted by molar-refractivity contribution is 5.95. The van der Waals surface area contributed by atoms with Gasteiger partial charge in [-0.05, 0) is 72.1 Å². The molecule has 1 aliphatic heterocycles. The lowest BCUT2D eigenvalue weighted by atomic mass is 9.67. The second kappa shape index (κ2) is 5.87. The first-order chi connectivity index (χ1) is 12.7. The van der Waals surface area contributed by atoms with E-state index in [9.17, 15) is 9.90 Å². The summed E-state index contributed by atoms with van der Waals surface area (Å²) >= 11 is 0. The number of rotatable bonds is 3. The number of aryl methyl sites for hydroxylation is 1. The Kier molecular flexibility index (Phi) is 3.59. The molecule has 2 fully saturated rings. The van der Waals surface area contributed by atoms with Gasteiger partial charge < -0.3 is 10.4 Å². The third kappa shape index (κ3) is 2.22. The van der Waals surface area contributed by atoms with Gasteiger partial charge in [-0.15, -0.1) is 0 Å². The summed E-state index contributed by atoms with van der Waals surface area (Å²) < 4.78 is 0. The lowest BCUT2D eigenvalue weighted by Gasteiger charge is -2.44. The number of para-hydroxylation sites is 1. The molecule has 2 aliphatic carbocycles. The maximum absolute atomic E-state index is 11.8. The Morgan fingerprint density at radius 2 is 1.88 bits per heavy atom. The molecule has 134 valence electrons. The van der Waals surface area contributed by atoms with Crippen molar-refractivity contribution in [3.8, 4) is 0 Å². The number of hydrogen-bond donors (Lipinski definition) is 2. The lowest BCUT2D eigenvalue weighted by molar-refractivity contribution is 0.0697. The van der Waals surface area contributed by atoms with Crippen molar-refractivity contribution in [2.45, 2.75) is 44.6 Å². The first-order valence-corrected chi connectivity index (χ1v) is 9.89. The number of anilines is 1. The van der Waals surface area contributed by atoms with Gasteiger partial charge in [-0.1, -0.05) is 43.3 Å². The Hall–Kier alpha value is -2.29. The monoisotopic (exact) mass is 347 g/mol. The molecule has 0 amide bonds. The van der Waals surface area contributed by atoms with E-state index in [1.54, 1.807) is 6.07 Å². The van der Waals surface area contributed by atoms with Crippen LogP contribution < -0.4 is 5.32 Å². The van der Waals surface area contributed by atoms with Crippen molar-refractivity contribution in [3.63, 3.8) is 0 Å². The van der Waals surface area contributed by atoms with Crippen molar-refractivity contribution in [2.24, 2.45) is 17.8 Å². The Labute approximate surface area is 154 Å². The highest BCUT2D eigenvalue weighted by Crippen LogP contribution is 2.63. The molecule has 1 heterocycles. The topological polar surface area (TPSA) is 49.3 Å². The van der Waals surface area contributed by atoms with E-state index in [-0.39, 0.29) is 6.04 Å². The Bertz CT molecular complexity index is 857. The number of carboxylic acids is 1. The molecule has 3 heteroatoms. The summed E-state index contributed by atoms with van der Waals surface area (Å²) in [6.45, 7) is 2.18. The number of fused-ring (bicyclic) bond motifs is 7. The lowest BCUT2D eigenvalue weighted by Crippen LogP contribution is -2.36. The van der Waals surface area contributed by atoms with Crippen LogP contribution in [0, 0.1) is 17.8 Å². The average Bonchev–Trinajstić information content (AvgIpc) is 3.29. The molecule has 26 heavy (non-hydrogen) atoms. The van der Waals surface area contributed by atoms with Crippen LogP contribution in [-0.4, -0.2) is 11.1 Å². The van der Waals surface area contributed by atoms with Gasteiger partial charge >= 0.3 is 5.97 Å². The third-order valence-electron chi connectivity index (χ3n) is 7.10. The minimum Gasteiger partial charge on any atom is -0.478 e. The van der Waals surface area contributed by atoms with Gasteiger partial charge in [0.25, 0.3) is 0 Å². The van der Waals surface area contributed by atoms with Gasteiger partial charge in [-0.3, -0.25) is 0 Å². The SMILES string of the molecule is CCc1ccc(C2Nc3c(C(=O)O)cccc3C3C4CCC(C4)C23)cc1. The van der Waals surface area contributed by atoms with Crippen molar-refractivity contribution in [1.29, 1.82) is 0 Å². The zero-order valence-electron chi connectivity index (χ0n) is 15.1. The molecule has 2 bridgehead atoms. The van der Waals surface area contributed by atoms with Gasteiger partial charge in [0.2, 0.25) is 0 Å². The Morgan fingerprint density at radius 3 is 2.62 bits per heavy atom. The summed E-state index contributed by atoms with van der Waals surface area (Å²) in [6, 6.07) is 15.0. The summed E-state index contributed by atoms with van der Waals surface area (Å²) in [5, 5.41) is 13.4. The number of nitrogens with one attached hydrogen (secondary N) is 1. The van der Waals surface area contributed by atoms with Crippen LogP contribution in [0.5, 0.6) is 0 Å². The minimum atomic E-state index is -0.837. The molecule has 3 nitrogen and oxygen atoms in total. The molecule has 5 unspecified atom stereocenters. The van der Waals surface area contributed by atoms with E-state index in [0.29, 0.717) is 23.3 Å². The van der Waals surface area contributed by atoms with E-state index >= 15 is 0 Å². The van der Waals surface area contributed by atoms with Crippen LogP contribution in [0.1, 0.15) is 65.2 Å². The fourth-order valence-electron chi connectivity index (χ4n) is 5.98. The van der Waals surface area contributed by atoms with Gasteiger partial charge in [0.1, 0.15) is 0 Å². The molecule has 0 saturated heterocycles. The predicted octanol–water partition coefficient (Wildman–Crippen LogP) is 5.24. The molecule has 5 atom stereocenters. The van der Waals surface area contributed by atoms with Crippen LogP contribution in [0.25, 0.3) is 0 Å². The van der Waals surface area contributed by atoms with Crippen LogP contribution in [0.2, 0.25) is 0 Å². The minimum absolute atomic E-state index is 0.217. The normalized spacial score (nSPS) is 31.2. The molecule has 0 radical (unpaired) electrons. The van der Waals surface area contributed by atoms with Crippen LogP contribution in [-0.2, 0) is 6.42 Å². The Balaban J connectivity index is 1.64. The standard InChI is InChI=1S/C23H25NO2/c1-2-13-6-8-14(9-7-13)21-20-16-11-10-15(12-16)19(20)17-4-3-5-18(23(25)26)22(17)24-21/h3-9,15-16,19-21,24H,2,10-12H2,1H3,(H,25,26). The van der Waals surface area contributed by atoms with E-state index in [0.717, 1.165) is 18.0 Å². The van der Waals surface area contributed by atoms with Gasteiger partial charge in [0, 0.05) is 0 Å². The van der Waals surface area contributed by atoms with Crippen molar-refractivity contribution in [1.82, 2.24) is 0 Å². The van der Waals surface area contributed by atoms with Crippen LogP contribution in [0.15, 0.2) is 42.5 Å². The highest BCUT2D eigenvalue weighted by atomic mass is 16.4. The van der Waals surface area contributed by atoms with E-state index in [4.69, 9.17) is 0 Å². The first-order valence-electron chi connectivity index (χ1n) is 9.89. The summed E-state index contributed by atoms with van der Waals surface area (Å²) in [7, 11) is 0. The Morgan fingerprint density at radius 1 is 1.12 bits per heavy atom. The number of hydrogen-bond acceptors (Lipinski definition) is 2. The van der Waals surface area contributed by atoms with Gasteiger partial charge in [0.05, 0.1) is 17.3 Å². The van der Waals surface area contributed by atoms with Gasteiger partial charge in [-0.2, -0.15) is 0 Å². The molecular formula is C23H25NO2. The van der Waals surface area contributed by atoms with Crippen LogP contribution in [0.3, 0.4) is 0 Å². The second-order valence-electron chi connectivity index (χ2n) is 8.23. The van der Waals surface area contributed by atoms with Gasteiger partial charge in [0.15, 0.2) is 0 Å². The molecule has 0 spiro atoms. The molecule has 5 rings (SSSR count). The first kappa shape index (κ1) is 15.9.